The number of amides is 1. The molecule has 4 rings (SSSR count). The van der Waals surface area contributed by atoms with Crippen LogP contribution in [-0.4, -0.2) is 21.9 Å². The summed E-state index contributed by atoms with van der Waals surface area (Å²) in [5.74, 6) is 1.63. The number of hydrogen-bond donors (Lipinski definition) is 1. The van der Waals surface area contributed by atoms with Gasteiger partial charge in [-0.05, 0) is 43.2 Å². The van der Waals surface area contributed by atoms with Gasteiger partial charge in [-0.1, -0.05) is 37.8 Å². The van der Waals surface area contributed by atoms with E-state index in [9.17, 15) is 4.79 Å². The Hall–Kier alpha value is -1.97. The molecule has 0 bridgehead atoms. The molecule has 2 aliphatic carbocycles. The molecule has 0 saturated heterocycles. The van der Waals surface area contributed by atoms with Crippen LogP contribution in [0.15, 0.2) is 30.5 Å². The average molecular weight is 309 g/mol. The van der Waals surface area contributed by atoms with Gasteiger partial charge in [-0.25, -0.2) is 4.98 Å². The highest BCUT2D eigenvalue weighted by Crippen LogP contribution is 2.40. The fraction of sp³-hybridized carbons (Fsp3) is 0.526. The van der Waals surface area contributed by atoms with Crippen molar-refractivity contribution in [2.24, 2.45) is 11.8 Å². The van der Waals surface area contributed by atoms with E-state index >= 15 is 0 Å². The lowest BCUT2D eigenvalue weighted by molar-refractivity contribution is 0.0874. The molecule has 4 heteroatoms. The summed E-state index contributed by atoms with van der Waals surface area (Å²) >= 11 is 0. The van der Waals surface area contributed by atoms with Gasteiger partial charge in [0.25, 0.3) is 5.91 Å². The highest BCUT2D eigenvalue weighted by molar-refractivity contribution is 5.93. The predicted molar refractivity (Wildman–Crippen MR) is 90.1 cm³/mol. The number of carbonyl (C=O) groups is 1. The molecule has 23 heavy (non-hydrogen) atoms. The number of rotatable bonds is 2. The average Bonchev–Trinajstić information content (AvgIpc) is 2.61. The van der Waals surface area contributed by atoms with Crippen LogP contribution in [0.3, 0.4) is 0 Å². The van der Waals surface area contributed by atoms with E-state index in [4.69, 9.17) is 0 Å². The number of carbonyl (C=O) groups excluding carboxylic acids is 1. The van der Waals surface area contributed by atoms with Gasteiger partial charge in [0.1, 0.15) is 5.69 Å². The second-order valence-corrected chi connectivity index (χ2v) is 7.03. The van der Waals surface area contributed by atoms with Crippen molar-refractivity contribution in [1.29, 1.82) is 0 Å². The molecule has 1 aromatic heterocycles. The first kappa shape index (κ1) is 14.6. The Balaban J connectivity index is 1.44. The Labute approximate surface area is 136 Å². The Bertz CT molecular complexity index is 715. The second-order valence-electron chi connectivity index (χ2n) is 7.03. The van der Waals surface area contributed by atoms with Crippen molar-refractivity contribution in [3.8, 4) is 0 Å². The van der Waals surface area contributed by atoms with E-state index in [0.717, 1.165) is 35.7 Å². The SMILES string of the molecule is O=C(N[C@@H]1CC[C@@H]2CCCC[C@@H]2C1)c1cnc2ccccc2n1. The van der Waals surface area contributed by atoms with E-state index in [1.54, 1.807) is 6.20 Å². The van der Waals surface area contributed by atoms with Crippen LogP contribution >= 0.6 is 0 Å². The Morgan fingerprint density at radius 1 is 1.00 bits per heavy atom. The summed E-state index contributed by atoms with van der Waals surface area (Å²) in [5.41, 5.74) is 2.03. The molecule has 0 unspecified atom stereocenters. The van der Waals surface area contributed by atoms with Gasteiger partial charge in [-0.3, -0.25) is 9.78 Å². The molecule has 4 nitrogen and oxygen atoms in total. The lowest BCUT2D eigenvalue weighted by Crippen LogP contribution is -2.41. The third kappa shape index (κ3) is 3.07. The normalized spacial score (nSPS) is 27.4. The summed E-state index contributed by atoms with van der Waals surface area (Å²) in [6.45, 7) is 0. The zero-order valence-corrected chi connectivity index (χ0v) is 13.4. The van der Waals surface area contributed by atoms with Crippen molar-refractivity contribution in [2.75, 3.05) is 0 Å². The first-order chi connectivity index (χ1) is 11.3. The van der Waals surface area contributed by atoms with Gasteiger partial charge in [0.05, 0.1) is 17.2 Å². The molecule has 1 heterocycles. The molecule has 3 atom stereocenters. The van der Waals surface area contributed by atoms with Crippen LogP contribution in [0.2, 0.25) is 0 Å². The summed E-state index contributed by atoms with van der Waals surface area (Å²) in [5, 5.41) is 3.19. The standard InChI is InChI=1S/C19H23N3O/c23-19(18-12-20-16-7-3-4-8-17(16)22-18)21-15-10-9-13-5-1-2-6-14(13)11-15/h3-4,7-8,12-15H,1-2,5-6,9-11H2,(H,21,23)/t13-,14+,15+/m0/s1. The molecule has 120 valence electrons. The third-order valence-electron chi connectivity index (χ3n) is 5.56. The fourth-order valence-corrected chi connectivity index (χ4v) is 4.33. The van der Waals surface area contributed by atoms with Crippen LogP contribution in [0.4, 0.5) is 0 Å². The van der Waals surface area contributed by atoms with Crippen LogP contribution in [0, 0.1) is 11.8 Å². The zero-order chi connectivity index (χ0) is 15.6. The monoisotopic (exact) mass is 309 g/mol. The molecule has 1 amide bonds. The van der Waals surface area contributed by atoms with E-state index < -0.39 is 0 Å². The number of aromatic nitrogens is 2. The minimum absolute atomic E-state index is 0.0810. The number of benzene rings is 1. The first-order valence-corrected chi connectivity index (χ1v) is 8.82. The lowest BCUT2D eigenvalue weighted by Gasteiger charge is -2.39. The van der Waals surface area contributed by atoms with Gasteiger partial charge in [0.15, 0.2) is 0 Å². The molecular weight excluding hydrogens is 286 g/mol. The first-order valence-electron chi connectivity index (χ1n) is 8.82. The lowest BCUT2D eigenvalue weighted by atomic mass is 9.69. The predicted octanol–water partition coefficient (Wildman–Crippen LogP) is 3.72. The molecule has 0 spiro atoms. The topological polar surface area (TPSA) is 54.9 Å². The van der Waals surface area contributed by atoms with Crippen molar-refractivity contribution in [3.05, 3.63) is 36.2 Å². The molecule has 0 radical (unpaired) electrons. The third-order valence-corrected chi connectivity index (χ3v) is 5.56. The van der Waals surface area contributed by atoms with Gasteiger partial charge in [0, 0.05) is 6.04 Å². The van der Waals surface area contributed by atoms with Crippen LogP contribution in [0.25, 0.3) is 11.0 Å². The molecular formula is C19H23N3O. The summed E-state index contributed by atoms with van der Waals surface area (Å²) < 4.78 is 0. The number of fused-ring (bicyclic) bond motifs is 2. The second kappa shape index (κ2) is 6.26. The van der Waals surface area contributed by atoms with Crippen molar-refractivity contribution < 1.29 is 4.79 Å². The molecule has 1 N–H and O–H groups in total. The molecule has 2 aliphatic rings. The molecule has 2 saturated carbocycles. The summed E-state index contributed by atoms with van der Waals surface area (Å²) in [6.07, 6.45) is 10.6. The summed E-state index contributed by atoms with van der Waals surface area (Å²) in [4.78, 5) is 21.3. The van der Waals surface area contributed by atoms with Crippen LogP contribution in [0.5, 0.6) is 0 Å². The highest BCUT2D eigenvalue weighted by Gasteiger charge is 2.32. The van der Waals surface area contributed by atoms with E-state index in [-0.39, 0.29) is 5.91 Å². The van der Waals surface area contributed by atoms with Gasteiger partial charge in [-0.15, -0.1) is 0 Å². The number of nitrogens with zero attached hydrogens (tertiary/aromatic N) is 2. The number of hydrogen-bond acceptors (Lipinski definition) is 3. The smallest absolute Gasteiger partial charge is 0.271 e. The van der Waals surface area contributed by atoms with E-state index in [0.29, 0.717) is 11.7 Å². The number of nitrogens with one attached hydrogen (secondary N) is 1. The van der Waals surface area contributed by atoms with E-state index in [2.05, 4.69) is 15.3 Å². The molecule has 1 aromatic carbocycles. The minimum atomic E-state index is -0.0810. The maximum Gasteiger partial charge on any atom is 0.271 e. The number of para-hydroxylation sites is 2. The van der Waals surface area contributed by atoms with Crippen molar-refractivity contribution >= 4 is 16.9 Å². The largest absolute Gasteiger partial charge is 0.348 e. The molecule has 2 fully saturated rings. The zero-order valence-electron chi connectivity index (χ0n) is 13.4. The van der Waals surface area contributed by atoms with Crippen LogP contribution in [-0.2, 0) is 0 Å². The maximum atomic E-state index is 12.5. The van der Waals surface area contributed by atoms with Gasteiger partial charge < -0.3 is 5.32 Å². The Kier molecular flexibility index (Phi) is 3.98. The van der Waals surface area contributed by atoms with E-state index in [1.165, 1.54) is 32.1 Å². The van der Waals surface area contributed by atoms with Gasteiger partial charge >= 0.3 is 0 Å². The van der Waals surface area contributed by atoms with Gasteiger partial charge in [0.2, 0.25) is 0 Å². The maximum absolute atomic E-state index is 12.5. The van der Waals surface area contributed by atoms with Crippen molar-refractivity contribution in [2.45, 2.75) is 51.0 Å². The van der Waals surface area contributed by atoms with Crippen LogP contribution < -0.4 is 5.32 Å². The van der Waals surface area contributed by atoms with E-state index in [1.807, 2.05) is 24.3 Å². The summed E-state index contributed by atoms with van der Waals surface area (Å²) in [6, 6.07) is 7.96. The quantitative estimate of drug-likeness (QED) is 0.920. The van der Waals surface area contributed by atoms with Crippen molar-refractivity contribution in [3.63, 3.8) is 0 Å². The molecule has 0 aliphatic heterocycles. The highest BCUT2D eigenvalue weighted by atomic mass is 16.1. The van der Waals surface area contributed by atoms with Crippen molar-refractivity contribution in [1.82, 2.24) is 15.3 Å². The fourth-order valence-electron chi connectivity index (χ4n) is 4.33. The Morgan fingerprint density at radius 3 is 2.65 bits per heavy atom. The summed E-state index contributed by atoms with van der Waals surface area (Å²) in [7, 11) is 0. The van der Waals surface area contributed by atoms with Gasteiger partial charge in [-0.2, -0.15) is 0 Å². The minimum Gasteiger partial charge on any atom is -0.348 e. The van der Waals surface area contributed by atoms with Crippen LogP contribution in [0.1, 0.15) is 55.4 Å². The Morgan fingerprint density at radius 2 is 1.78 bits per heavy atom. The molecule has 2 aromatic rings.